The van der Waals surface area contributed by atoms with E-state index in [0.29, 0.717) is 5.56 Å². The molecule has 1 N–H and O–H groups in total. The molecule has 0 amide bonds. The van der Waals surface area contributed by atoms with E-state index in [1.807, 2.05) is 0 Å². The summed E-state index contributed by atoms with van der Waals surface area (Å²) in [6, 6.07) is 4.23. The van der Waals surface area contributed by atoms with Gasteiger partial charge in [0.25, 0.3) is 0 Å². The summed E-state index contributed by atoms with van der Waals surface area (Å²) in [7, 11) is -1.89. The van der Waals surface area contributed by atoms with Crippen molar-refractivity contribution in [3.63, 3.8) is 0 Å². The highest BCUT2D eigenvalue weighted by Gasteiger charge is 2.37. The quantitative estimate of drug-likeness (QED) is 0.828. The minimum atomic E-state index is -1.89. The van der Waals surface area contributed by atoms with Gasteiger partial charge in [-0.25, -0.2) is 4.39 Å². The summed E-state index contributed by atoms with van der Waals surface area (Å²) in [5.74, 6) is -0.483. The van der Waals surface area contributed by atoms with Crippen LogP contribution in [0.15, 0.2) is 18.2 Å². The Morgan fingerprint density at radius 3 is 2.42 bits per heavy atom. The highest BCUT2D eigenvalue weighted by Crippen LogP contribution is 2.37. The summed E-state index contributed by atoms with van der Waals surface area (Å²) in [5, 5.41) is 10.2. The Morgan fingerprint density at radius 2 is 1.95 bits per heavy atom. The fourth-order valence-electron chi connectivity index (χ4n) is 1.32. The Hall–Kier alpha value is -0.423. The molecule has 0 aliphatic rings. The molecule has 0 aliphatic heterocycles. The first kappa shape index (κ1) is 16.6. The smallest absolute Gasteiger partial charge is 0.192 e. The molecule has 1 rings (SSSR count). The molecule has 0 aromatic heterocycles. The zero-order valence-electron chi connectivity index (χ0n) is 12.1. The molecule has 108 valence electrons. The average molecular weight is 305 g/mol. The van der Waals surface area contributed by atoms with Crippen LogP contribution in [0.4, 0.5) is 4.39 Å². The predicted molar refractivity (Wildman–Crippen MR) is 79.5 cm³/mol. The van der Waals surface area contributed by atoms with Crippen LogP contribution < -0.4 is 0 Å². The van der Waals surface area contributed by atoms with Crippen molar-refractivity contribution in [1.29, 1.82) is 0 Å². The Balaban J connectivity index is 2.70. The van der Waals surface area contributed by atoms with Crippen LogP contribution in [0, 0.1) is 5.82 Å². The number of hydrogen-bond acceptors (Lipinski definition) is 2. The second-order valence-electron chi connectivity index (χ2n) is 6.26. The van der Waals surface area contributed by atoms with E-state index in [-0.39, 0.29) is 16.7 Å². The largest absolute Gasteiger partial charge is 0.414 e. The van der Waals surface area contributed by atoms with Crippen LogP contribution >= 0.6 is 11.6 Å². The summed E-state index contributed by atoms with van der Waals surface area (Å²) in [6.07, 6.45) is -0.785. The zero-order chi connectivity index (χ0) is 14.8. The van der Waals surface area contributed by atoms with E-state index in [1.165, 1.54) is 18.2 Å². The van der Waals surface area contributed by atoms with Gasteiger partial charge >= 0.3 is 0 Å². The van der Waals surface area contributed by atoms with Crippen molar-refractivity contribution in [1.82, 2.24) is 0 Å². The average Bonchev–Trinajstić information content (AvgIpc) is 2.28. The zero-order valence-corrected chi connectivity index (χ0v) is 13.9. The predicted octanol–water partition coefficient (Wildman–Crippen LogP) is 4.53. The third kappa shape index (κ3) is 4.28. The van der Waals surface area contributed by atoms with Crippen LogP contribution in [0.5, 0.6) is 0 Å². The van der Waals surface area contributed by atoms with Crippen molar-refractivity contribution in [2.45, 2.75) is 45.0 Å². The lowest BCUT2D eigenvalue weighted by Gasteiger charge is -2.36. The van der Waals surface area contributed by atoms with E-state index in [9.17, 15) is 9.50 Å². The molecule has 19 heavy (non-hydrogen) atoms. The highest BCUT2D eigenvalue weighted by molar-refractivity contribution is 6.74. The molecule has 0 fully saturated rings. The summed E-state index contributed by atoms with van der Waals surface area (Å²) in [4.78, 5) is 0. The summed E-state index contributed by atoms with van der Waals surface area (Å²) in [5.41, 5.74) is 0.574. The van der Waals surface area contributed by atoms with E-state index in [4.69, 9.17) is 16.0 Å². The molecule has 0 radical (unpaired) electrons. The molecule has 0 spiro atoms. The molecule has 5 heteroatoms. The van der Waals surface area contributed by atoms with Gasteiger partial charge in [0.05, 0.1) is 11.6 Å². The monoisotopic (exact) mass is 304 g/mol. The Kier molecular flexibility index (Phi) is 5.18. The van der Waals surface area contributed by atoms with Gasteiger partial charge < -0.3 is 9.53 Å². The maximum atomic E-state index is 13.1. The molecule has 0 heterocycles. The molecule has 0 bridgehead atoms. The molecule has 2 nitrogen and oxygen atoms in total. The molecule has 0 saturated heterocycles. The lowest BCUT2D eigenvalue weighted by molar-refractivity contribution is 0.100. The number of benzene rings is 1. The fourth-order valence-corrected chi connectivity index (χ4v) is 2.52. The maximum Gasteiger partial charge on any atom is 0.192 e. The minimum Gasteiger partial charge on any atom is -0.414 e. The first-order valence-corrected chi connectivity index (χ1v) is 9.60. The van der Waals surface area contributed by atoms with Crippen molar-refractivity contribution >= 4 is 19.9 Å². The van der Waals surface area contributed by atoms with Crippen LogP contribution in [0.3, 0.4) is 0 Å². The Labute approximate surface area is 120 Å². The fraction of sp³-hybridized carbons (Fsp3) is 0.571. The van der Waals surface area contributed by atoms with Crippen molar-refractivity contribution in [3.05, 3.63) is 34.6 Å². The van der Waals surface area contributed by atoms with Gasteiger partial charge in [0.1, 0.15) is 11.9 Å². The van der Waals surface area contributed by atoms with Gasteiger partial charge in [0.15, 0.2) is 8.32 Å². The van der Waals surface area contributed by atoms with E-state index >= 15 is 0 Å². The molecule has 0 aliphatic carbocycles. The first-order chi connectivity index (χ1) is 8.54. The van der Waals surface area contributed by atoms with Gasteiger partial charge in [-0.05, 0) is 35.8 Å². The Morgan fingerprint density at radius 1 is 1.37 bits per heavy atom. The summed E-state index contributed by atoms with van der Waals surface area (Å²) >= 11 is 5.70. The second-order valence-corrected chi connectivity index (χ2v) is 11.5. The van der Waals surface area contributed by atoms with Gasteiger partial charge in [-0.2, -0.15) is 0 Å². The third-order valence-electron chi connectivity index (χ3n) is 3.74. The topological polar surface area (TPSA) is 29.5 Å². The minimum absolute atomic E-state index is 0.0175. The van der Waals surface area contributed by atoms with Crippen LogP contribution in [0.1, 0.15) is 32.4 Å². The maximum absolute atomic E-state index is 13.1. The van der Waals surface area contributed by atoms with Crippen LogP contribution in [-0.2, 0) is 4.43 Å². The molecule has 0 unspecified atom stereocenters. The number of rotatable bonds is 4. The molecule has 1 aromatic carbocycles. The van der Waals surface area contributed by atoms with Gasteiger partial charge in [-0.3, -0.25) is 0 Å². The van der Waals surface area contributed by atoms with Crippen molar-refractivity contribution in [2.75, 3.05) is 6.61 Å². The lowest BCUT2D eigenvalue weighted by atomic mass is 10.1. The third-order valence-corrected chi connectivity index (χ3v) is 8.53. The van der Waals surface area contributed by atoms with Gasteiger partial charge in [-0.1, -0.05) is 38.4 Å². The van der Waals surface area contributed by atoms with Gasteiger partial charge in [0.2, 0.25) is 0 Å². The van der Waals surface area contributed by atoms with Crippen molar-refractivity contribution in [3.8, 4) is 0 Å². The second kappa shape index (κ2) is 5.91. The van der Waals surface area contributed by atoms with E-state index in [0.717, 1.165) is 0 Å². The van der Waals surface area contributed by atoms with Crippen LogP contribution in [-0.4, -0.2) is 20.0 Å². The molecular formula is C14H22ClFO2Si. The van der Waals surface area contributed by atoms with E-state index in [1.54, 1.807) is 0 Å². The standard InChI is InChI=1S/C14H22ClFO2Si/c1-14(2,3)19(4,5)18-9-13(17)10-6-7-12(16)11(15)8-10/h6-8,13,17H,9H2,1-5H3/t13-/m0/s1. The number of hydrogen-bond donors (Lipinski definition) is 1. The number of halogens is 2. The highest BCUT2D eigenvalue weighted by atomic mass is 35.5. The van der Waals surface area contributed by atoms with Crippen molar-refractivity contribution in [2.24, 2.45) is 0 Å². The first-order valence-electron chi connectivity index (χ1n) is 6.31. The van der Waals surface area contributed by atoms with E-state index in [2.05, 4.69) is 33.9 Å². The van der Waals surface area contributed by atoms with Crippen LogP contribution in [0.25, 0.3) is 0 Å². The number of aliphatic hydroxyl groups is 1. The van der Waals surface area contributed by atoms with Crippen LogP contribution in [0.2, 0.25) is 23.2 Å². The van der Waals surface area contributed by atoms with Gasteiger partial charge in [0, 0.05) is 0 Å². The molecule has 0 saturated carbocycles. The van der Waals surface area contributed by atoms with Crippen molar-refractivity contribution < 1.29 is 13.9 Å². The Bertz CT molecular complexity index is 444. The normalized spacial score (nSPS) is 14.5. The summed E-state index contributed by atoms with van der Waals surface area (Å²) < 4.78 is 19.0. The SMILES string of the molecule is CC(C)(C)[Si](C)(C)OC[C@H](O)c1ccc(F)c(Cl)c1. The number of aliphatic hydroxyl groups excluding tert-OH is 1. The lowest BCUT2D eigenvalue weighted by Crippen LogP contribution is -2.41. The van der Waals surface area contributed by atoms with Gasteiger partial charge in [-0.15, -0.1) is 0 Å². The molecule has 1 aromatic rings. The summed E-state index contributed by atoms with van der Waals surface area (Å²) in [6.45, 7) is 10.9. The van der Waals surface area contributed by atoms with E-state index < -0.39 is 20.2 Å². The molecule has 1 atom stereocenters. The molecular weight excluding hydrogens is 283 g/mol.